The van der Waals surface area contributed by atoms with E-state index in [-0.39, 0.29) is 0 Å². The number of fused-ring (bicyclic) bond motifs is 1. The van der Waals surface area contributed by atoms with Gasteiger partial charge in [-0.25, -0.2) is 4.98 Å². The van der Waals surface area contributed by atoms with Gasteiger partial charge in [-0.15, -0.1) is 11.8 Å². The van der Waals surface area contributed by atoms with E-state index in [9.17, 15) is 0 Å². The molecule has 0 amide bonds. The normalized spacial score (nSPS) is 11.0. The first-order valence-corrected chi connectivity index (χ1v) is 7.20. The molecule has 0 atom stereocenters. The molecule has 5 heteroatoms. The largest absolute Gasteiger partial charge is 0.384 e. The van der Waals surface area contributed by atoms with Gasteiger partial charge in [-0.1, -0.05) is 29.8 Å². The Morgan fingerprint density at radius 2 is 2.05 bits per heavy atom. The first-order valence-electron chi connectivity index (χ1n) is 5.84. The van der Waals surface area contributed by atoms with E-state index in [0.717, 1.165) is 16.2 Å². The van der Waals surface area contributed by atoms with E-state index in [0.29, 0.717) is 16.6 Å². The van der Waals surface area contributed by atoms with Crippen LogP contribution in [0, 0.1) is 0 Å². The summed E-state index contributed by atoms with van der Waals surface area (Å²) in [5.74, 6) is 1.19. The van der Waals surface area contributed by atoms with Gasteiger partial charge in [0, 0.05) is 16.7 Å². The minimum Gasteiger partial charge on any atom is -0.384 e. The molecule has 0 radical (unpaired) electrons. The molecule has 0 bridgehead atoms. The van der Waals surface area contributed by atoms with Crippen molar-refractivity contribution in [1.82, 2.24) is 9.97 Å². The summed E-state index contributed by atoms with van der Waals surface area (Å²) >= 11 is 7.76. The zero-order chi connectivity index (χ0) is 13.2. The van der Waals surface area contributed by atoms with Crippen molar-refractivity contribution in [2.45, 2.75) is 10.8 Å². The molecule has 0 saturated carbocycles. The molecule has 3 N–H and O–H groups in total. The molecule has 0 saturated heterocycles. The maximum Gasteiger partial charge on any atom is 0.123 e. The summed E-state index contributed by atoms with van der Waals surface area (Å²) < 4.78 is 0. The first-order chi connectivity index (χ1) is 9.22. The second-order valence-electron chi connectivity index (χ2n) is 4.17. The van der Waals surface area contributed by atoms with Crippen LogP contribution in [0.1, 0.15) is 5.69 Å². The molecule has 2 heterocycles. The lowest BCUT2D eigenvalue weighted by atomic mass is 10.3. The van der Waals surface area contributed by atoms with Crippen LogP contribution in [0.3, 0.4) is 0 Å². The van der Waals surface area contributed by atoms with Crippen molar-refractivity contribution in [2.24, 2.45) is 0 Å². The highest BCUT2D eigenvalue weighted by Gasteiger charge is 2.06. The third kappa shape index (κ3) is 2.69. The van der Waals surface area contributed by atoms with Crippen LogP contribution in [0.2, 0.25) is 5.02 Å². The van der Waals surface area contributed by atoms with Crippen LogP contribution < -0.4 is 5.73 Å². The van der Waals surface area contributed by atoms with Gasteiger partial charge < -0.3 is 10.7 Å². The highest BCUT2D eigenvalue weighted by Crippen LogP contribution is 2.28. The number of H-pyrrole nitrogens is 1. The number of rotatable bonds is 3. The van der Waals surface area contributed by atoms with E-state index >= 15 is 0 Å². The summed E-state index contributed by atoms with van der Waals surface area (Å²) in [6.45, 7) is 0. The molecular formula is C14H12ClN3S. The molecule has 3 aromatic rings. The number of nitrogens with zero attached hydrogens (tertiary/aromatic N) is 1. The van der Waals surface area contributed by atoms with Gasteiger partial charge in [0.2, 0.25) is 0 Å². The number of nitrogen functional groups attached to an aromatic ring is 1. The third-order valence-electron chi connectivity index (χ3n) is 2.81. The monoisotopic (exact) mass is 289 g/mol. The Hall–Kier alpha value is -1.65. The number of benzene rings is 1. The van der Waals surface area contributed by atoms with Crippen LogP contribution in [-0.4, -0.2) is 9.97 Å². The van der Waals surface area contributed by atoms with Crippen molar-refractivity contribution in [3.8, 4) is 0 Å². The lowest BCUT2D eigenvalue weighted by molar-refractivity contribution is 1.17. The molecule has 3 nitrogen and oxygen atoms in total. The van der Waals surface area contributed by atoms with Gasteiger partial charge in [0.15, 0.2) is 0 Å². The topological polar surface area (TPSA) is 54.7 Å². The average Bonchev–Trinajstić information content (AvgIpc) is 2.82. The van der Waals surface area contributed by atoms with Gasteiger partial charge >= 0.3 is 0 Å². The fraction of sp³-hybridized carbons (Fsp3) is 0.0714. The SMILES string of the molecule is Nc1ccc(Cl)c(CSc2cc3ccccc3[nH]2)n1. The van der Waals surface area contributed by atoms with E-state index in [1.165, 1.54) is 5.39 Å². The van der Waals surface area contributed by atoms with Crippen LogP contribution in [0.15, 0.2) is 47.5 Å². The van der Waals surface area contributed by atoms with Gasteiger partial charge in [0.05, 0.1) is 15.7 Å². The number of para-hydroxylation sites is 1. The second kappa shape index (κ2) is 5.15. The number of thioether (sulfide) groups is 1. The maximum atomic E-state index is 6.10. The van der Waals surface area contributed by atoms with Crippen LogP contribution in [0.4, 0.5) is 5.82 Å². The Morgan fingerprint density at radius 3 is 2.89 bits per heavy atom. The molecule has 2 aromatic heterocycles. The number of nitrogens with one attached hydrogen (secondary N) is 1. The van der Waals surface area contributed by atoms with Crippen molar-refractivity contribution < 1.29 is 0 Å². The number of hydrogen-bond acceptors (Lipinski definition) is 3. The van der Waals surface area contributed by atoms with Gasteiger partial charge in [-0.2, -0.15) is 0 Å². The van der Waals surface area contributed by atoms with E-state index in [4.69, 9.17) is 17.3 Å². The number of hydrogen-bond donors (Lipinski definition) is 2. The molecular weight excluding hydrogens is 278 g/mol. The molecule has 19 heavy (non-hydrogen) atoms. The molecule has 96 valence electrons. The van der Waals surface area contributed by atoms with Crippen molar-refractivity contribution in [2.75, 3.05) is 5.73 Å². The molecule has 0 fully saturated rings. The standard InChI is InChI=1S/C14H12ClN3S/c15-10-5-6-13(16)17-12(10)8-19-14-7-9-3-1-2-4-11(9)18-14/h1-7,18H,8H2,(H2,16,17). The van der Waals surface area contributed by atoms with Crippen molar-refractivity contribution in [3.63, 3.8) is 0 Å². The minimum atomic E-state index is 0.497. The number of pyridine rings is 1. The quantitative estimate of drug-likeness (QED) is 0.714. The summed E-state index contributed by atoms with van der Waals surface area (Å²) in [6, 6.07) is 13.8. The van der Waals surface area contributed by atoms with Crippen LogP contribution in [-0.2, 0) is 5.75 Å². The third-order valence-corrected chi connectivity index (χ3v) is 4.10. The first kappa shape index (κ1) is 12.4. The maximum absolute atomic E-state index is 6.10. The molecule has 0 aliphatic carbocycles. The Balaban J connectivity index is 1.80. The summed E-state index contributed by atoms with van der Waals surface area (Å²) in [7, 11) is 0. The highest BCUT2D eigenvalue weighted by atomic mass is 35.5. The summed E-state index contributed by atoms with van der Waals surface area (Å²) in [4.78, 5) is 7.61. The molecule has 0 aliphatic rings. The van der Waals surface area contributed by atoms with Gasteiger partial charge in [-0.05, 0) is 24.3 Å². The Kier molecular flexibility index (Phi) is 3.36. The summed E-state index contributed by atoms with van der Waals surface area (Å²) in [5.41, 5.74) is 7.62. The number of halogens is 1. The summed E-state index contributed by atoms with van der Waals surface area (Å²) in [5, 5.41) is 2.95. The summed E-state index contributed by atoms with van der Waals surface area (Å²) in [6.07, 6.45) is 0. The Morgan fingerprint density at radius 1 is 1.21 bits per heavy atom. The predicted octanol–water partition coefficient (Wildman–Crippen LogP) is 4.09. The second-order valence-corrected chi connectivity index (χ2v) is 5.60. The lowest BCUT2D eigenvalue weighted by Gasteiger charge is -2.03. The van der Waals surface area contributed by atoms with E-state index in [1.807, 2.05) is 12.1 Å². The Labute approximate surface area is 120 Å². The van der Waals surface area contributed by atoms with Crippen LogP contribution in [0.25, 0.3) is 10.9 Å². The molecule has 0 spiro atoms. The average molecular weight is 290 g/mol. The van der Waals surface area contributed by atoms with E-state index in [2.05, 4.69) is 28.2 Å². The minimum absolute atomic E-state index is 0.497. The predicted molar refractivity (Wildman–Crippen MR) is 81.5 cm³/mol. The van der Waals surface area contributed by atoms with E-state index in [1.54, 1.807) is 23.9 Å². The molecule has 0 unspecified atom stereocenters. The number of aromatic nitrogens is 2. The van der Waals surface area contributed by atoms with E-state index < -0.39 is 0 Å². The lowest BCUT2D eigenvalue weighted by Crippen LogP contribution is -1.95. The van der Waals surface area contributed by atoms with Crippen LogP contribution >= 0.6 is 23.4 Å². The molecule has 3 rings (SSSR count). The number of anilines is 1. The molecule has 1 aromatic carbocycles. The zero-order valence-electron chi connectivity index (χ0n) is 10.1. The highest BCUT2D eigenvalue weighted by molar-refractivity contribution is 7.98. The van der Waals surface area contributed by atoms with Gasteiger partial charge in [-0.3, -0.25) is 0 Å². The Bertz CT molecular complexity index is 691. The van der Waals surface area contributed by atoms with Crippen molar-refractivity contribution in [3.05, 3.63) is 53.2 Å². The smallest absolute Gasteiger partial charge is 0.123 e. The van der Waals surface area contributed by atoms with Crippen LogP contribution in [0.5, 0.6) is 0 Å². The van der Waals surface area contributed by atoms with Gasteiger partial charge in [0.25, 0.3) is 0 Å². The van der Waals surface area contributed by atoms with Crippen molar-refractivity contribution in [1.29, 1.82) is 0 Å². The van der Waals surface area contributed by atoms with Gasteiger partial charge in [0.1, 0.15) is 5.82 Å². The fourth-order valence-electron chi connectivity index (χ4n) is 1.87. The van der Waals surface area contributed by atoms with Crippen molar-refractivity contribution >= 4 is 40.1 Å². The molecule has 0 aliphatic heterocycles. The fourth-order valence-corrected chi connectivity index (χ4v) is 3.03. The number of nitrogens with two attached hydrogens (primary N) is 1. The zero-order valence-corrected chi connectivity index (χ0v) is 11.6. The number of aromatic amines is 1.